The van der Waals surface area contributed by atoms with Crippen molar-refractivity contribution in [1.29, 1.82) is 0 Å². The lowest BCUT2D eigenvalue weighted by Crippen LogP contribution is -2.06. The molecule has 0 amide bonds. The summed E-state index contributed by atoms with van der Waals surface area (Å²) in [5, 5.41) is 9.12. The van der Waals surface area contributed by atoms with Gasteiger partial charge in [0.15, 0.2) is 5.17 Å². The summed E-state index contributed by atoms with van der Waals surface area (Å²) in [4.78, 5) is 0. The molecule has 0 aliphatic carbocycles. The molecule has 0 saturated heterocycles. The third-order valence-electron chi connectivity index (χ3n) is 4.08. The number of nitrogens with zero attached hydrogens (tertiary/aromatic N) is 2. The van der Waals surface area contributed by atoms with Crippen molar-refractivity contribution in [2.75, 3.05) is 7.11 Å². The zero-order valence-electron chi connectivity index (χ0n) is 16.5. The number of hydrogen-bond donors (Lipinski definition) is 1. The number of ether oxygens (including phenoxy) is 2. The van der Waals surface area contributed by atoms with Crippen molar-refractivity contribution >= 4 is 34.7 Å². The quantitative estimate of drug-likeness (QED) is 0.285. The molecule has 7 heteroatoms. The lowest BCUT2D eigenvalue weighted by molar-refractivity contribution is 0.305. The van der Waals surface area contributed by atoms with Crippen LogP contribution in [0, 0.1) is 0 Å². The van der Waals surface area contributed by atoms with E-state index in [0.717, 1.165) is 22.6 Å². The van der Waals surface area contributed by atoms with Crippen LogP contribution in [0.2, 0.25) is 5.02 Å². The van der Waals surface area contributed by atoms with Gasteiger partial charge in [-0.2, -0.15) is 5.10 Å². The Balaban J connectivity index is 1.63. The van der Waals surface area contributed by atoms with E-state index < -0.39 is 0 Å². The van der Waals surface area contributed by atoms with Gasteiger partial charge in [-0.1, -0.05) is 65.8 Å². The second-order valence-corrected chi connectivity index (χ2v) is 7.71. The number of thioether (sulfide) groups is 1. The van der Waals surface area contributed by atoms with Gasteiger partial charge in [-0.25, -0.2) is 0 Å². The van der Waals surface area contributed by atoms with E-state index in [1.54, 1.807) is 31.5 Å². The summed E-state index contributed by atoms with van der Waals surface area (Å²) in [7, 11) is 1.64. The van der Waals surface area contributed by atoms with Crippen LogP contribution >= 0.6 is 23.4 Å². The molecule has 5 nitrogen and oxygen atoms in total. The molecule has 0 aliphatic rings. The minimum Gasteiger partial charge on any atom is -0.497 e. The van der Waals surface area contributed by atoms with Crippen LogP contribution in [-0.2, 0) is 12.4 Å². The standard InChI is InChI=1S/C23H22ClN3O2S/c1-28-21-9-5-8-18(12-21)15-29-22-11-10-20(24)13-19(22)14-26-27-23(25)30-16-17-6-3-2-4-7-17/h2-14H,15-16H2,1H3,(H2,25,27). The summed E-state index contributed by atoms with van der Waals surface area (Å²) in [5.74, 6) is 2.17. The van der Waals surface area contributed by atoms with Crippen LogP contribution in [0.4, 0.5) is 0 Å². The summed E-state index contributed by atoms with van der Waals surface area (Å²) in [6.07, 6.45) is 1.59. The molecule has 2 N–H and O–H groups in total. The van der Waals surface area contributed by atoms with E-state index in [1.807, 2.05) is 54.6 Å². The molecular formula is C23H22ClN3O2S. The van der Waals surface area contributed by atoms with Gasteiger partial charge in [-0.3, -0.25) is 0 Å². The van der Waals surface area contributed by atoms with E-state index in [0.29, 0.717) is 22.5 Å². The summed E-state index contributed by atoms with van der Waals surface area (Å²) in [6.45, 7) is 0.387. The van der Waals surface area contributed by atoms with Crippen molar-refractivity contribution in [2.45, 2.75) is 12.4 Å². The summed E-state index contributed by atoms with van der Waals surface area (Å²) >= 11 is 7.56. The highest BCUT2D eigenvalue weighted by Gasteiger charge is 2.05. The van der Waals surface area contributed by atoms with Crippen LogP contribution in [0.5, 0.6) is 11.5 Å². The molecule has 0 aromatic heterocycles. The Morgan fingerprint density at radius 3 is 2.63 bits per heavy atom. The Morgan fingerprint density at radius 1 is 1.03 bits per heavy atom. The van der Waals surface area contributed by atoms with E-state index in [1.165, 1.54) is 17.3 Å². The van der Waals surface area contributed by atoms with Crippen LogP contribution in [-0.4, -0.2) is 18.5 Å². The molecule has 0 heterocycles. The number of rotatable bonds is 8. The van der Waals surface area contributed by atoms with Gasteiger partial charge in [0, 0.05) is 16.3 Å². The van der Waals surface area contributed by atoms with Crippen molar-refractivity contribution in [3.8, 4) is 11.5 Å². The number of hydrogen-bond acceptors (Lipinski definition) is 5. The van der Waals surface area contributed by atoms with Crippen LogP contribution in [0.15, 0.2) is 83.0 Å². The van der Waals surface area contributed by atoms with E-state index in [9.17, 15) is 0 Å². The zero-order valence-corrected chi connectivity index (χ0v) is 18.1. The van der Waals surface area contributed by atoms with Gasteiger partial charge in [-0.15, -0.1) is 5.10 Å². The Bertz CT molecular complexity index is 1030. The highest BCUT2D eigenvalue weighted by atomic mass is 35.5. The maximum atomic E-state index is 6.13. The van der Waals surface area contributed by atoms with E-state index in [-0.39, 0.29) is 0 Å². The van der Waals surface area contributed by atoms with Gasteiger partial charge in [-0.05, 0) is 41.5 Å². The normalized spacial score (nSPS) is 11.6. The highest BCUT2D eigenvalue weighted by molar-refractivity contribution is 8.13. The van der Waals surface area contributed by atoms with Crippen molar-refractivity contribution in [2.24, 2.45) is 15.9 Å². The fourth-order valence-corrected chi connectivity index (χ4v) is 3.38. The van der Waals surface area contributed by atoms with Gasteiger partial charge in [0.2, 0.25) is 0 Å². The number of nitrogens with two attached hydrogens (primary N) is 1. The maximum Gasteiger partial charge on any atom is 0.180 e. The molecule has 0 atom stereocenters. The molecule has 30 heavy (non-hydrogen) atoms. The van der Waals surface area contributed by atoms with Gasteiger partial charge in [0.25, 0.3) is 0 Å². The first-order valence-corrected chi connectivity index (χ1v) is 10.6. The van der Waals surface area contributed by atoms with Gasteiger partial charge < -0.3 is 15.2 Å². The Labute approximate surface area is 185 Å². The minimum atomic E-state index is 0.385. The second-order valence-electron chi connectivity index (χ2n) is 6.28. The lowest BCUT2D eigenvalue weighted by Gasteiger charge is -2.10. The SMILES string of the molecule is COc1cccc(COc2ccc(Cl)cc2C=NN=C(N)SCc2ccccc2)c1. The predicted molar refractivity (Wildman–Crippen MR) is 126 cm³/mol. The van der Waals surface area contributed by atoms with E-state index in [4.69, 9.17) is 26.8 Å². The molecule has 3 aromatic carbocycles. The largest absolute Gasteiger partial charge is 0.497 e. The average Bonchev–Trinajstić information content (AvgIpc) is 2.78. The molecule has 3 aromatic rings. The molecule has 0 spiro atoms. The van der Waals surface area contributed by atoms with Gasteiger partial charge in [0.1, 0.15) is 18.1 Å². The predicted octanol–water partition coefficient (Wildman–Crippen LogP) is 5.51. The molecule has 0 radical (unpaired) electrons. The van der Waals surface area contributed by atoms with Crippen molar-refractivity contribution in [3.63, 3.8) is 0 Å². The topological polar surface area (TPSA) is 69.2 Å². The monoisotopic (exact) mass is 439 g/mol. The number of amidine groups is 1. The first-order valence-electron chi connectivity index (χ1n) is 9.22. The molecule has 0 saturated carbocycles. The average molecular weight is 440 g/mol. The first kappa shape index (κ1) is 21.7. The Morgan fingerprint density at radius 2 is 1.83 bits per heavy atom. The molecule has 3 rings (SSSR count). The first-order chi connectivity index (χ1) is 14.6. The Hall–Kier alpha value is -2.96. The fraction of sp³-hybridized carbons (Fsp3) is 0.130. The van der Waals surface area contributed by atoms with Gasteiger partial charge in [0.05, 0.1) is 13.3 Å². The molecule has 0 bridgehead atoms. The van der Waals surface area contributed by atoms with Crippen LogP contribution in [0.3, 0.4) is 0 Å². The van der Waals surface area contributed by atoms with Crippen molar-refractivity contribution in [3.05, 3.63) is 94.5 Å². The van der Waals surface area contributed by atoms with Crippen LogP contribution in [0.25, 0.3) is 0 Å². The Kier molecular flexibility index (Phi) is 8.18. The fourth-order valence-electron chi connectivity index (χ4n) is 2.58. The molecular weight excluding hydrogens is 418 g/mol. The van der Waals surface area contributed by atoms with E-state index >= 15 is 0 Å². The smallest absolute Gasteiger partial charge is 0.180 e. The summed E-state index contributed by atoms with van der Waals surface area (Å²) in [6, 6.07) is 23.1. The third kappa shape index (κ3) is 6.83. The van der Waals surface area contributed by atoms with Crippen molar-refractivity contribution in [1.82, 2.24) is 0 Å². The highest BCUT2D eigenvalue weighted by Crippen LogP contribution is 2.23. The zero-order chi connectivity index (χ0) is 21.2. The van der Waals surface area contributed by atoms with Crippen LogP contribution in [0.1, 0.15) is 16.7 Å². The molecule has 0 fully saturated rings. The van der Waals surface area contributed by atoms with Gasteiger partial charge >= 0.3 is 0 Å². The second kappa shape index (κ2) is 11.3. The lowest BCUT2D eigenvalue weighted by atomic mass is 10.2. The van der Waals surface area contributed by atoms with E-state index in [2.05, 4.69) is 10.2 Å². The maximum absolute atomic E-state index is 6.13. The minimum absolute atomic E-state index is 0.385. The van der Waals surface area contributed by atoms with Crippen LogP contribution < -0.4 is 15.2 Å². The summed E-state index contributed by atoms with van der Waals surface area (Å²) in [5.41, 5.74) is 8.83. The molecule has 0 aliphatic heterocycles. The summed E-state index contributed by atoms with van der Waals surface area (Å²) < 4.78 is 11.2. The molecule has 154 valence electrons. The number of halogens is 1. The number of methoxy groups -OCH3 is 1. The third-order valence-corrected chi connectivity index (χ3v) is 5.17. The van der Waals surface area contributed by atoms with Crippen molar-refractivity contribution < 1.29 is 9.47 Å². The number of benzene rings is 3. The molecule has 0 unspecified atom stereocenters.